The highest BCUT2D eigenvalue weighted by Gasteiger charge is 2.29. The lowest BCUT2D eigenvalue weighted by molar-refractivity contribution is 0.102. The zero-order chi connectivity index (χ0) is 19.0. The third-order valence-electron chi connectivity index (χ3n) is 4.96. The third kappa shape index (κ3) is 3.81. The Labute approximate surface area is 163 Å². The zero-order valence-corrected chi connectivity index (χ0v) is 16.8. The van der Waals surface area contributed by atoms with Crippen LogP contribution in [0.3, 0.4) is 0 Å². The van der Waals surface area contributed by atoms with Crippen LogP contribution in [0.5, 0.6) is 0 Å². The highest BCUT2D eigenvalue weighted by atomic mass is 32.2. The minimum absolute atomic E-state index is 0.0480. The first-order valence-electron chi connectivity index (χ1n) is 9.14. The van der Waals surface area contributed by atoms with E-state index in [1.54, 1.807) is 12.1 Å². The quantitative estimate of drug-likeness (QED) is 0.519. The predicted molar refractivity (Wildman–Crippen MR) is 103 cm³/mol. The minimum Gasteiger partial charge on any atom is -0.303 e. The van der Waals surface area contributed by atoms with E-state index in [1.165, 1.54) is 28.2 Å². The van der Waals surface area contributed by atoms with Crippen molar-refractivity contribution in [1.29, 1.82) is 0 Å². The summed E-state index contributed by atoms with van der Waals surface area (Å²) in [6.07, 6.45) is 4.07. The fourth-order valence-corrected chi connectivity index (χ4v) is 5.77. The minimum atomic E-state index is -3.45. The molecule has 0 N–H and O–H groups in total. The van der Waals surface area contributed by atoms with Crippen LogP contribution in [0.1, 0.15) is 47.9 Å². The first-order valence-corrected chi connectivity index (χ1v) is 11.6. The van der Waals surface area contributed by atoms with Gasteiger partial charge in [0.2, 0.25) is 10.0 Å². The molecule has 27 heavy (non-hydrogen) atoms. The van der Waals surface area contributed by atoms with Crippen LogP contribution in [0, 0.1) is 6.92 Å². The number of carbonyl (C=O) groups excluding carboxylic acids is 1. The second-order valence-electron chi connectivity index (χ2n) is 6.98. The van der Waals surface area contributed by atoms with Gasteiger partial charge in [-0.05, 0) is 44.7 Å². The highest BCUT2D eigenvalue weighted by Crippen LogP contribution is 2.38. The number of thioether (sulfide) groups is 1. The van der Waals surface area contributed by atoms with Crippen LogP contribution in [-0.2, 0) is 10.0 Å². The second-order valence-corrected chi connectivity index (χ2v) is 9.86. The summed E-state index contributed by atoms with van der Waals surface area (Å²) in [5.41, 5.74) is 0.511. The van der Waals surface area contributed by atoms with Crippen molar-refractivity contribution in [2.45, 2.75) is 48.7 Å². The Morgan fingerprint density at radius 1 is 1.15 bits per heavy atom. The molecule has 1 saturated heterocycles. The van der Waals surface area contributed by atoms with Gasteiger partial charge in [-0.15, -0.1) is 10.2 Å². The van der Waals surface area contributed by atoms with Gasteiger partial charge in [0, 0.05) is 24.7 Å². The molecule has 9 heteroatoms. The Kier molecular flexibility index (Phi) is 5.09. The molecule has 0 unspecified atom stereocenters. The maximum atomic E-state index is 12.6. The fraction of sp³-hybridized carbons (Fsp3) is 0.500. The van der Waals surface area contributed by atoms with Crippen LogP contribution >= 0.6 is 11.8 Å². The average molecular weight is 407 g/mol. The van der Waals surface area contributed by atoms with E-state index in [9.17, 15) is 13.2 Å². The van der Waals surface area contributed by atoms with E-state index >= 15 is 0 Å². The summed E-state index contributed by atoms with van der Waals surface area (Å²) >= 11 is 1.38. The number of sulfonamides is 1. The molecule has 2 aromatic rings. The van der Waals surface area contributed by atoms with Gasteiger partial charge < -0.3 is 4.57 Å². The maximum Gasteiger partial charge on any atom is 0.243 e. The van der Waals surface area contributed by atoms with E-state index in [1.807, 2.05) is 6.92 Å². The van der Waals surface area contributed by atoms with E-state index in [-0.39, 0.29) is 16.4 Å². The molecular weight excluding hydrogens is 384 g/mol. The van der Waals surface area contributed by atoms with Gasteiger partial charge in [0.1, 0.15) is 5.82 Å². The van der Waals surface area contributed by atoms with Crippen molar-refractivity contribution in [1.82, 2.24) is 19.1 Å². The summed E-state index contributed by atoms with van der Waals surface area (Å²) in [6, 6.07) is 6.73. The van der Waals surface area contributed by atoms with Crippen molar-refractivity contribution in [3.8, 4) is 0 Å². The standard InChI is InChI=1S/C18H22N4O3S2/c1-13-19-20-18(22(13)15-6-7-15)26-12-17(23)14-4-8-16(9-5-14)27(24,25)21-10-2-3-11-21/h4-5,8-9,15H,2-3,6-7,10-12H2,1H3. The molecule has 0 spiro atoms. The summed E-state index contributed by atoms with van der Waals surface area (Å²) in [5, 5.41) is 9.06. The van der Waals surface area contributed by atoms with Crippen molar-refractivity contribution < 1.29 is 13.2 Å². The summed E-state index contributed by atoms with van der Waals surface area (Å²) < 4.78 is 28.7. The number of aryl methyl sites for hydroxylation is 1. The number of aromatic nitrogens is 3. The van der Waals surface area contributed by atoms with Crippen molar-refractivity contribution in [3.63, 3.8) is 0 Å². The molecule has 1 aliphatic carbocycles. The highest BCUT2D eigenvalue weighted by molar-refractivity contribution is 7.99. The largest absolute Gasteiger partial charge is 0.303 e. The zero-order valence-electron chi connectivity index (χ0n) is 15.2. The Hall–Kier alpha value is -1.71. The molecule has 1 aromatic heterocycles. The lowest BCUT2D eigenvalue weighted by atomic mass is 10.1. The molecule has 1 aromatic carbocycles. The van der Waals surface area contributed by atoms with E-state index < -0.39 is 10.0 Å². The Morgan fingerprint density at radius 3 is 2.44 bits per heavy atom. The normalized spacial score (nSPS) is 18.1. The predicted octanol–water partition coefficient (Wildman–Crippen LogP) is 2.68. The van der Waals surface area contributed by atoms with Crippen molar-refractivity contribution in [2.75, 3.05) is 18.8 Å². The van der Waals surface area contributed by atoms with Crippen molar-refractivity contribution >= 4 is 27.6 Å². The van der Waals surface area contributed by atoms with Gasteiger partial charge in [0.25, 0.3) is 0 Å². The summed E-state index contributed by atoms with van der Waals surface area (Å²) in [6.45, 7) is 3.07. The number of carbonyl (C=O) groups is 1. The SMILES string of the molecule is Cc1nnc(SCC(=O)c2ccc(S(=O)(=O)N3CCCC3)cc2)n1C1CC1. The lowest BCUT2D eigenvalue weighted by Gasteiger charge is -2.15. The number of rotatable bonds is 7. The molecule has 0 radical (unpaired) electrons. The Balaban J connectivity index is 1.42. The molecule has 4 rings (SSSR count). The number of hydrogen-bond acceptors (Lipinski definition) is 6. The molecule has 0 amide bonds. The van der Waals surface area contributed by atoms with Gasteiger partial charge in [-0.2, -0.15) is 4.31 Å². The van der Waals surface area contributed by atoms with E-state index in [0.717, 1.165) is 36.7 Å². The average Bonchev–Trinajstić information content (AvgIpc) is 3.19. The topological polar surface area (TPSA) is 85.2 Å². The molecule has 7 nitrogen and oxygen atoms in total. The second kappa shape index (κ2) is 7.37. The summed E-state index contributed by atoms with van der Waals surface area (Å²) in [4.78, 5) is 12.7. The molecule has 0 bridgehead atoms. The van der Waals surface area contributed by atoms with E-state index in [2.05, 4.69) is 14.8 Å². The van der Waals surface area contributed by atoms with Crippen LogP contribution in [0.25, 0.3) is 0 Å². The smallest absolute Gasteiger partial charge is 0.243 e. The van der Waals surface area contributed by atoms with Crippen LogP contribution in [-0.4, -0.2) is 52.1 Å². The Bertz CT molecular complexity index is 943. The van der Waals surface area contributed by atoms with Gasteiger partial charge in [-0.3, -0.25) is 4.79 Å². The first-order chi connectivity index (χ1) is 13.0. The number of Topliss-reactive ketones (excluding diaryl/α,β-unsaturated/α-hetero) is 1. The van der Waals surface area contributed by atoms with Gasteiger partial charge in [0.15, 0.2) is 10.9 Å². The summed E-state index contributed by atoms with van der Waals surface area (Å²) in [5.74, 6) is 1.08. The van der Waals surface area contributed by atoms with Crippen LogP contribution in [0.15, 0.2) is 34.3 Å². The van der Waals surface area contributed by atoms with Gasteiger partial charge in [-0.25, -0.2) is 8.42 Å². The lowest BCUT2D eigenvalue weighted by Crippen LogP contribution is -2.27. The summed E-state index contributed by atoms with van der Waals surface area (Å²) in [7, 11) is -3.45. The molecule has 1 aliphatic heterocycles. The van der Waals surface area contributed by atoms with Gasteiger partial charge in [0.05, 0.1) is 10.6 Å². The van der Waals surface area contributed by atoms with Crippen LogP contribution < -0.4 is 0 Å². The Morgan fingerprint density at radius 2 is 1.81 bits per heavy atom. The van der Waals surface area contributed by atoms with Gasteiger partial charge >= 0.3 is 0 Å². The first kappa shape index (κ1) is 18.6. The molecule has 2 fully saturated rings. The third-order valence-corrected chi connectivity index (χ3v) is 7.81. The number of hydrogen-bond donors (Lipinski definition) is 0. The molecule has 2 heterocycles. The van der Waals surface area contributed by atoms with Crippen molar-refractivity contribution in [2.24, 2.45) is 0 Å². The molecule has 144 valence electrons. The van der Waals surface area contributed by atoms with E-state index in [4.69, 9.17) is 0 Å². The molecule has 0 atom stereocenters. The fourth-order valence-electron chi connectivity index (χ4n) is 3.31. The molecule has 2 aliphatic rings. The number of benzene rings is 1. The monoisotopic (exact) mass is 406 g/mol. The molecular formula is C18H22N4O3S2. The van der Waals surface area contributed by atoms with E-state index in [0.29, 0.717) is 24.7 Å². The number of ketones is 1. The van der Waals surface area contributed by atoms with Gasteiger partial charge in [-0.1, -0.05) is 23.9 Å². The maximum absolute atomic E-state index is 12.6. The molecule has 1 saturated carbocycles. The number of nitrogens with zero attached hydrogens (tertiary/aromatic N) is 4. The van der Waals surface area contributed by atoms with Crippen LogP contribution in [0.4, 0.5) is 0 Å². The van der Waals surface area contributed by atoms with Crippen molar-refractivity contribution in [3.05, 3.63) is 35.7 Å². The van der Waals surface area contributed by atoms with Crippen LogP contribution in [0.2, 0.25) is 0 Å².